The minimum atomic E-state index is -0.0382. The molecule has 2 aromatic rings. The second kappa shape index (κ2) is 3.28. The minimum absolute atomic E-state index is 0.0382. The SMILES string of the molecule is CCn1c(=O)[nH]c2c(C)cc(Br)cc21. The zero-order valence-electron chi connectivity index (χ0n) is 8.10. The standard InChI is InChI=1S/C10H11BrN2O/c1-3-13-8-5-7(11)4-6(2)9(8)12-10(13)14/h4-5H,3H2,1-2H3,(H,12,14). The van der Waals surface area contributed by atoms with Crippen molar-refractivity contribution in [2.45, 2.75) is 20.4 Å². The smallest absolute Gasteiger partial charge is 0.305 e. The van der Waals surface area contributed by atoms with Crippen LogP contribution in [0.15, 0.2) is 21.4 Å². The van der Waals surface area contributed by atoms with E-state index in [0.29, 0.717) is 6.54 Å². The summed E-state index contributed by atoms with van der Waals surface area (Å²) in [6.07, 6.45) is 0. The maximum Gasteiger partial charge on any atom is 0.326 e. The molecule has 0 radical (unpaired) electrons. The number of fused-ring (bicyclic) bond motifs is 1. The number of rotatable bonds is 1. The Morgan fingerprint density at radius 2 is 2.21 bits per heavy atom. The van der Waals surface area contributed by atoms with Gasteiger partial charge in [-0.1, -0.05) is 15.9 Å². The van der Waals surface area contributed by atoms with Crippen LogP contribution in [0.2, 0.25) is 0 Å². The third kappa shape index (κ3) is 1.30. The van der Waals surface area contributed by atoms with Crippen molar-refractivity contribution in [1.29, 1.82) is 0 Å². The predicted octanol–water partition coefficient (Wildman–Crippen LogP) is 2.42. The van der Waals surface area contributed by atoms with E-state index < -0.39 is 0 Å². The molecule has 0 bridgehead atoms. The molecule has 4 heteroatoms. The van der Waals surface area contributed by atoms with Crippen molar-refractivity contribution in [2.24, 2.45) is 0 Å². The highest BCUT2D eigenvalue weighted by Crippen LogP contribution is 2.21. The summed E-state index contributed by atoms with van der Waals surface area (Å²) in [6.45, 7) is 4.64. The maximum absolute atomic E-state index is 11.5. The molecular weight excluding hydrogens is 244 g/mol. The number of imidazole rings is 1. The van der Waals surface area contributed by atoms with E-state index in [4.69, 9.17) is 0 Å². The lowest BCUT2D eigenvalue weighted by Gasteiger charge is -2.00. The van der Waals surface area contributed by atoms with E-state index in [1.165, 1.54) is 0 Å². The third-order valence-electron chi connectivity index (χ3n) is 2.36. The van der Waals surface area contributed by atoms with Crippen molar-refractivity contribution in [3.63, 3.8) is 0 Å². The van der Waals surface area contributed by atoms with Crippen molar-refractivity contribution in [2.75, 3.05) is 0 Å². The molecule has 2 rings (SSSR count). The molecule has 0 amide bonds. The van der Waals surface area contributed by atoms with E-state index in [2.05, 4.69) is 20.9 Å². The van der Waals surface area contributed by atoms with Gasteiger partial charge in [-0.25, -0.2) is 4.79 Å². The second-order valence-electron chi connectivity index (χ2n) is 3.29. The fourth-order valence-electron chi connectivity index (χ4n) is 1.70. The van der Waals surface area contributed by atoms with Gasteiger partial charge in [0.25, 0.3) is 0 Å². The number of aromatic nitrogens is 2. The fraction of sp³-hybridized carbons (Fsp3) is 0.300. The molecule has 74 valence electrons. The van der Waals surface area contributed by atoms with Gasteiger partial charge in [-0.05, 0) is 31.5 Å². The van der Waals surface area contributed by atoms with Crippen molar-refractivity contribution >= 4 is 27.0 Å². The van der Waals surface area contributed by atoms with E-state index in [1.807, 2.05) is 26.0 Å². The topological polar surface area (TPSA) is 37.8 Å². The monoisotopic (exact) mass is 254 g/mol. The molecule has 0 spiro atoms. The number of H-pyrrole nitrogens is 1. The lowest BCUT2D eigenvalue weighted by Crippen LogP contribution is -2.14. The first-order valence-corrected chi connectivity index (χ1v) is 5.31. The minimum Gasteiger partial charge on any atom is -0.305 e. The Morgan fingerprint density at radius 1 is 1.50 bits per heavy atom. The lowest BCUT2D eigenvalue weighted by atomic mass is 10.2. The fourth-order valence-corrected chi connectivity index (χ4v) is 2.26. The molecule has 3 nitrogen and oxygen atoms in total. The van der Waals surface area contributed by atoms with Gasteiger partial charge in [0.1, 0.15) is 0 Å². The number of aromatic amines is 1. The molecule has 0 aliphatic heterocycles. The van der Waals surface area contributed by atoms with Gasteiger partial charge in [0.2, 0.25) is 0 Å². The highest BCUT2D eigenvalue weighted by atomic mass is 79.9. The molecule has 0 unspecified atom stereocenters. The predicted molar refractivity (Wildman–Crippen MR) is 60.7 cm³/mol. The van der Waals surface area contributed by atoms with E-state index in [9.17, 15) is 4.79 Å². The van der Waals surface area contributed by atoms with Gasteiger partial charge in [-0.15, -0.1) is 0 Å². The molecule has 0 fully saturated rings. The molecule has 0 saturated heterocycles. The van der Waals surface area contributed by atoms with Gasteiger partial charge in [-0.3, -0.25) is 4.57 Å². The normalized spacial score (nSPS) is 11.1. The number of halogens is 1. The molecule has 0 aliphatic carbocycles. The summed E-state index contributed by atoms with van der Waals surface area (Å²) in [5.41, 5.74) is 2.94. The number of benzene rings is 1. The summed E-state index contributed by atoms with van der Waals surface area (Å²) in [7, 11) is 0. The first-order valence-electron chi connectivity index (χ1n) is 4.52. The van der Waals surface area contributed by atoms with Gasteiger partial charge in [0.15, 0.2) is 0 Å². The Bertz CT molecular complexity index is 539. The Balaban J connectivity index is 2.95. The Labute approximate surface area is 89.9 Å². The van der Waals surface area contributed by atoms with Crippen LogP contribution < -0.4 is 5.69 Å². The van der Waals surface area contributed by atoms with Gasteiger partial charge in [-0.2, -0.15) is 0 Å². The first-order chi connectivity index (χ1) is 6.63. The molecule has 14 heavy (non-hydrogen) atoms. The van der Waals surface area contributed by atoms with Gasteiger partial charge in [0, 0.05) is 11.0 Å². The zero-order chi connectivity index (χ0) is 10.3. The van der Waals surface area contributed by atoms with E-state index >= 15 is 0 Å². The van der Waals surface area contributed by atoms with Crippen LogP contribution in [0.25, 0.3) is 11.0 Å². The van der Waals surface area contributed by atoms with Gasteiger partial charge < -0.3 is 4.98 Å². The average molecular weight is 255 g/mol. The maximum atomic E-state index is 11.5. The molecule has 1 N–H and O–H groups in total. The second-order valence-corrected chi connectivity index (χ2v) is 4.21. The summed E-state index contributed by atoms with van der Waals surface area (Å²) >= 11 is 3.43. The van der Waals surface area contributed by atoms with Gasteiger partial charge >= 0.3 is 5.69 Å². The van der Waals surface area contributed by atoms with Crippen molar-refractivity contribution in [1.82, 2.24) is 9.55 Å². The summed E-state index contributed by atoms with van der Waals surface area (Å²) in [4.78, 5) is 14.4. The number of nitrogens with zero attached hydrogens (tertiary/aromatic N) is 1. The molecule has 1 aromatic carbocycles. The van der Waals surface area contributed by atoms with Crippen LogP contribution in [0.4, 0.5) is 0 Å². The Morgan fingerprint density at radius 3 is 2.86 bits per heavy atom. The summed E-state index contributed by atoms with van der Waals surface area (Å²) in [6, 6.07) is 3.96. The number of hydrogen-bond acceptors (Lipinski definition) is 1. The van der Waals surface area contributed by atoms with Crippen molar-refractivity contribution < 1.29 is 0 Å². The molecule has 0 aliphatic rings. The van der Waals surface area contributed by atoms with Gasteiger partial charge in [0.05, 0.1) is 11.0 Å². The lowest BCUT2D eigenvalue weighted by molar-refractivity contribution is 0.753. The van der Waals surface area contributed by atoms with Crippen LogP contribution in [0.5, 0.6) is 0 Å². The van der Waals surface area contributed by atoms with Crippen molar-refractivity contribution in [3.05, 3.63) is 32.7 Å². The summed E-state index contributed by atoms with van der Waals surface area (Å²) in [5.74, 6) is 0. The number of aryl methyl sites for hydroxylation is 2. The van der Waals surface area contributed by atoms with Crippen LogP contribution in [0.3, 0.4) is 0 Å². The number of nitrogens with one attached hydrogen (secondary N) is 1. The van der Waals surface area contributed by atoms with Crippen LogP contribution in [0, 0.1) is 6.92 Å². The van der Waals surface area contributed by atoms with E-state index in [0.717, 1.165) is 21.1 Å². The van der Waals surface area contributed by atoms with Crippen LogP contribution in [-0.4, -0.2) is 9.55 Å². The summed E-state index contributed by atoms with van der Waals surface area (Å²) in [5, 5.41) is 0. The first kappa shape index (κ1) is 9.52. The highest BCUT2D eigenvalue weighted by Gasteiger charge is 2.07. The van der Waals surface area contributed by atoms with Crippen molar-refractivity contribution in [3.8, 4) is 0 Å². The van der Waals surface area contributed by atoms with Crippen LogP contribution in [0.1, 0.15) is 12.5 Å². The third-order valence-corrected chi connectivity index (χ3v) is 2.82. The quantitative estimate of drug-likeness (QED) is 0.834. The molecule has 1 aromatic heterocycles. The molecule has 0 atom stereocenters. The van der Waals surface area contributed by atoms with E-state index in [1.54, 1.807) is 4.57 Å². The molecule has 1 heterocycles. The number of hydrogen-bond donors (Lipinski definition) is 1. The molecule has 0 saturated carbocycles. The Kier molecular flexibility index (Phi) is 2.23. The largest absolute Gasteiger partial charge is 0.326 e. The Hall–Kier alpha value is -1.03. The van der Waals surface area contributed by atoms with Crippen LogP contribution >= 0.6 is 15.9 Å². The summed E-state index contributed by atoms with van der Waals surface area (Å²) < 4.78 is 2.73. The van der Waals surface area contributed by atoms with Crippen LogP contribution in [-0.2, 0) is 6.54 Å². The molecular formula is C10H11BrN2O. The zero-order valence-corrected chi connectivity index (χ0v) is 9.68. The highest BCUT2D eigenvalue weighted by molar-refractivity contribution is 9.10. The average Bonchev–Trinajstić information content (AvgIpc) is 2.41. The van der Waals surface area contributed by atoms with E-state index in [-0.39, 0.29) is 5.69 Å².